The predicted molar refractivity (Wildman–Crippen MR) is 40.4 cm³/mol. The molecule has 0 spiro atoms. The van der Waals surface area contributed by atoms with Gasteiger partial charge in [-0.1, -0.05) is 17.7 Å². The van der Waals surface area contributed by atoms with Crippen LogP contribution < -0.4 is 0 Å². The molecule has 0 N–H and O–H groups in total. The van der Waals surface area contributed by atoms with Crippen LogP contribution in [0.1, 0.15) is 5.56 Å². The fraction of sp³-hybridized carbons (Fsp3) is 0.125. The van der Waals surface area contributed by atoms with E-state index in [2.05, 4.69) is 6.92 Å². The van der Waals surface area contributed by atoms with Gasteiger partial charge in [0.2, 0.25) is 0 Å². The summed E-state index contributed by atoms with van der Waals surface area (Å²) >= 11 is 5.44. The molecule has 1 aromatic rings. The Kier molecular flexibility index (Phi) is 2.45. The van der Waals surface area contributed by atoms with Gasteiger partial charge < -0.3 is 0 Å². The zero-order chi connectivity index (χ0) is 8.43. The summed E-state index contributed by atoms with van der Waals surface area (Å²) in [5, 5.41) is -0.167. The summed E-state index contributed by atoms with van der Waals surface area (Å²) in [5.74, 6) is -1.92. The summed E-state index contributed by atoms with van der Waals surface area (Å²) in [7, 11) is 0. The molecule has 0 bridgehead atoms. The van der Waals surface area contributed by atoms with Crippen molar-refractivity contribution >= 4 is 11.6 Å². The van der Waals surface area contributed by atoms with Gasteiger partial charge in [-0.2, -0.15) is 0 Å². The minimum atomic E-state index is -0.993. The van der Waals surface area contributed by atoms with Crippen LogP contribution in [-0.4, -0.2) is 0 Å². The second-order valence-electron chi connectivity index (χ2n) is 2.08. The van der Waals surface area contributed by atoms with Crippen LogP contribution in [0.2, 0.25) is 5.02 Å². The lowest BCUT2D eigenvalue weighted by Gasteiger charge is -2.01. The summed E-state index contributed by atoms with van der Waals surface area (Å²) in [6, 6.07) is 2.47. The van der Waals surface area contributed by atoms with Crippen LogP contribution >= 0.6 is 11.6 Å². The Morgan fingerprint density at radius 2 is 2.00 bits per heavy atom. The highest BCUT2D eigenvalue weighted by atomic mass is 35.5. The second kappa shape index (κ2) is 3.18. The van der Waals surface area contributed by atoms with Crippen LogP contribution in [0.5, 0.6) is 0 Å². The van der Waals surface area contributed by atoms with Crippen molar-refractivity contribution in [2.24, 2.45) is 0 Å². The van der Waals surface area contributed by atoms with E-state index in [1.54, 1.807) is 0 Å². The van der Waals surface area contributed by atoms with E-state index in [-0.39, 0.29) is 5.02 Å². The molecule has 0 amide bonds. The van der Waals surface area contributed by atoms with E-state index in [9.17, 15) is 8.78 Å². The molecule has 0 saturated carbocycles. The molecular weight excluding hydrogens is 170 g/mol. The summed E-state index contributed by atoms with van der Waals surface area (Å²) < 4.78 is 25.1. The van der Waals surface area contributed by atoms with Crippen LogP contribution in [0.4, 0.5) is 8.78 Å². The Hall–Kier alpha value is -0.630. The zero-order valence-corrected chi connectivity index (χ0v) is 6.46. The van der Waals surface area contributed by atoms with E-state index < -0.39 is 11.6 Å². The lowest BCUT2D eigenvalue weighted by Crippen LogP contribution is -1.90. The Labute approximate surface area is 68.8 Å². The molecule has 0 aromatic heterocycles. The average molecular weight is 176 g/mol. The first-order chi connectivity index (χ1) is 5.16. The van der Waals surface area contributed by atoms with Crippen LogP contribution in [0.25, 0.3) is 0 Å². The third-order valence-corrected chi connectivity index (χ3v) is 1.79. The molecule has 0 aliphatic rings. The highest BCUT2D eigenvalue weighted by Gasteiger charge is 2.09. The van der Waals surface area contributed by atoms with Gasteiger partial charge in [0, 0.05) is 0 Å². The summed E-state index contributed by atoms with van der Waals surface area (Å²) in [6.45, 7) is 3.51. The quantitative estimate of drug-likeness (QED) is 0.576. The first kappa shape index (κ1) is 8.47. The van der Waals surface area contributed by atoms with Crippen molar-refractivity contribution in [1.29, 1.82) is 0 Å². The normalized spacial score (nSPS) is 10.2. The van der Waals surface area contributed by atoms with Gasteiger partial charge in [0.05, 0.1) is 5.02 Å². The highest BCUT2D eigenvalue weighted by Crippen LogP contribution is 2.22. The minimum absolute atomic E-state index is 0.167. The van der Waals surface area contributed by atoms with E-state index in [4.69, 9.17) is 11.6 Å². The molecule has 11 heavy (non-hydrogen) atoms. The minimum Gasteiger partial charge on any atom is -0.204 e. The SMILES string of the molecule is [CH2]Cc1ccc(F)c(F)c1Cl. The molecule has 0 unspecified atom stereocenters. The maximum atomic E-state index is 12.6. The van der Waals surface area contributed by atoms with Gasteiger partial charge in [-0.05, 0) is 25.0 Å². The van der Waals surface area contributed by atoms with E-state index in [0.29, 0.717) is 12.0 Å². The largest absolute Gasteiger partial charge is 0.204 e. The molecule has 0 heterocycles. The first-order valence-electron chi connectivity index (χ1n) is 3.08. The third-order valence-electron chi connectivity index (χ3n) is 1.38. The van der Waals surface area contributed by atoms with Gasteiger partial charge in [-0.25, -0.2) is 8.78 Å². The van der Waals surface area contributed by atoms with E-state index in [0.717, 1.165) is 6.07 Å². The fourth-order valence-electron chi connectivity index (χ4n) is 0.759. The van der Waals surface area contributed by atoms with E-state index in [1.165, 1.54) is 6.07 Å². The molecule has 1 aromatic carbocycles. The number of benzene rings is 1. The Bertz CT molecular complexity index is 271. The Morgan fingerprint density at radius 3 is 2.55 bits per heavy atom. The maximum Gasteiger partial charge on any atom is 0.177 e. The molecule has 0 nitrogen and oxygen atoms in total. The molecule has 1 radical (unpaired) electrons. The molecule has 0 aliphatic heterocycles. The predicted octanol–water partition coefficient (Wildman–Crippen LogP) is 2.99. The van der Waals surface area contributed by atoms with Crippen molar-refractivity contribution in [3.05, 3.63) is 41.3 Å². The van der Waals surface area contributed by atoms with Crippen molar-refractivity contribution in [3.8, 4) is 0 Å². The van der Waals surface area contributed by atoms with E-state index >= 15 is 0 Å². The second-order valence-corrected chi connectivity index (χ2v) is 2.46. The zero-order valence-electron chi connectivity index (χ0n) is 5.70. The lowest BCUT2D eigenvalue weighted by molar-refractivity contribution is 0.508. The molecule has 0 fully saturated rings. The van der Waals surface area contributed by atoms with Crippen LogP contribution in [0.15, 0.2) is 12.1 Å². The Balaban J connectivity index is 3.25. The topological polar surface area (TPSA) is 0 Å². The van der Waals surface area contributed by atoms with Crippen molar-refractivity contribution < 1.29 is 8.78 Å². The third kappa shape index (κ3) is 1.51. The smallest absolute Gasteiger partial charge is 0.177 e. The fourth-order valence-corrected chi connectivity index (χ4v) is 1.01. The standard InChI is InChI=1S/C8H6ClF2/c1-2-5-3-4-6(10)8(11)7(5)9/h3-4H,1-2H2. The molecule has 0 saturated heterocycles. The van der Waals surface area contributed by atoms with Crippen LogP contribution in [-0.2, 0) is 6.42 Å². The molecule has 0 aliphatic carbocycles. The monoisotopic (exact) mass is 175 g/mol. The van der Waals surface area contributed by atoms with Gasteiger partial charge in [0.1, 0.15) is 0 Å². The number of halogens is 3. The lowest BCUT2D eigenvalue weighted by atomic mass is 10.1. The highest BCUT2D eigenvalue weighted by molar-refractivity contribution is 6.31. The summed E-state index contributed by atoms with van der Waals surface area (Å²) in [4.78, 5) is 0. The van der Waals surface area contributed by atoms with Crippen molar-refractivity contribution in [2.75, 3.05) is 0 Å². The van der Waals surface area contributed by atoms with Gasteiger partial charge in [-0.15, -0.1) is 0 Å². The van der Waals surface area contributed by atoms with Crippen LogP contribution in [0.3, 0.4) is 0 Å². The molecular formula is C8H6ClF2. The summed E-state index contributed by atoms with van der Waals surface area (Å²) in [6.07, 6.45) is 0.357. The molecule has 1 rings (SSSR count). The van der Waals surface area contributed by atoms with Gasteiger partial charge in [0.15, 0.2) is 11.6 Å². The number of hydrogen-bond acceptors (Lipinski definition) is 0. The van der Waals surface area contributed by atoms with E-state index in [1.807, 2.05) is 0 Å². The van der Waals surface area contributed by atoms with Gasteiger partial charge in [0.25, 0.3) is 0 Å². The number of rotatable bonds is 1. The van der Waals surface area contributed by atoms with Crippen molar-refractivity contribution in [1.82, 2.24) is 0 Å². The van der Waals surface area contributed by atoms with Gasteiger partial charge >= 0.3 is 0 Å². The Morgan fingerprint density at radius 1 is 1.36 bits per heavy atom. The molecule has 0 atom stereocenters. The average Bonchev–Trinajstić information content (AvgIpc) is 2.01. The van der Waals surface area contributed by atoms with Gasteiger partial charge in [-0.3, -0.25) is 0 Å². The molecule has 3 heteroatoms. The number of hydrogen-bond donors (Lipinski definition) is 0. The summed E-state index contributed by atoms with van der Waals surface area (Å²) in [5.41, 5.74) is 0.519. The van der Waals surface area contributed by atoms with Crippen molar-refractivity contribution in [3.63, 3.8) is 0 Å². The maximum absolute atomic E-state index is 12.6. The van der Waals surface area contributed by atoms with Crippen LogP contribution in [0, 0.1) is 18.6 Å². The molecule has 59 valence electrons. The first-order valence-corrected chi connectivity index (χ1v) is 3.46. The van der Waals surface area contributed by atoms with Crippen molar-refractivity contribution in [2.45, 2.75) is 6.42 Å².